The van der Waals surface area contributed by atoms with Crippen LogP contribution in [0.15, 0.2) is 40.7 Å². The third-order valence-electron chi connectivity index (χ3n) is 1.82. The Morgan fingerprint density at radius 1 is 1.45 bits per heavy atom. The molecule has 1 unspecified atom stereocenters. The number of hydrogen-bond donors (Lipinski definition) is 1. The molecule has 0 spiro atoms. The van der Waals surface area contributed by atoms with Crippen molar-refractivity contribution in [2.24, 2.45) is 4.99 Å². The van der Waals surface area contributed by atoms with E-state index in [-0.39, 0.29) is 0 Å². The quantitative estimate of drug-likeness (QED) is 0.548. The van der Waals surface area contributed by atoms with Crippen LogP contribution in [-0.4, -0.2) is 12.3 Å². The highest BCUT2D eigenvalue weighted by atomic mass is 15.0. The zero-order valence-electron chi connectivity index (χ0n) is 6.41. The van der Waals surface area contributed by atoms with Crippen LogP contribution in [0.2, 0.25) is 0 Å². The normalized spacial score (nSPS) is 26.8. The monoisotopic (exact) mass is 146 g/mol. The van der Waals surface area contributed by atoms with E-state index in [4.69, 9.17) is 0 Å². The molecule has 0 saturated carbocycles. The topological polar surface area (TPSA) is 24.4 Å². The second kappa shape index (κ2) is 2.38. The van der Waals surface area contributed by atoms with Gasteiger partial charge in [0.25, 0.3) is 0 Å². The maximum Gasteiger partial charge on any atom is 0.0870 e. The van der Waals surface area contributed by atoms with Crippen LogP contribution in [0.4, 0.5) is 0 Å². The van der Waals surface area contributed by atoms with Crippen LogP contribution in [0.1, 0.15) is 6.92 Å². The summed E-state index contributed by atoms with van der Waals surface area (Å²) in [6.07, 6.45) is 9.99. The molecular formula is C9H10N2. The smallest absolute Gasteiger partial charge is 0.0870 e. The molecule has 0 fully saturated rings. The molecule has 0 aromatic heterocycles. The summed E-state index contributed by atoms with van der Waals surface area (Å²) >= 11 is 0. The number of allylic oxidation sites excluding steroid dienone is 4. The van der Waals surface area contributed by atoms with Crippen LogP contribution < -0.4 is 5.32 Å². The summed E-state index contributed by atoms with van der Waals surface area (Å²) in [5.41, 5.74) is 2.29. The highest BCUT2D eigenvalue weighted by Crippen LogP contribution is 2.15. The second-order valence-electron chi connectivity index (χ2n) is 2.73. The molecule has 0 amide bonds. The van der Waals surface area contributed by atoms with Gasteiger partial charge in [0.05, 0.1) is 11.7 Å². The van der Waals surface area contributed by atoms with Gasteiger partial charge in [-0.05, 0) is 25.2 Å². The highest BCUT2D eigenvalue weighted by Gasteiger charge is 2.13. The lowest BCUT2D eigenvalue weighted by Crippen LogP contribution is -2.30. The number of dihydropyridines is 2. The predicted octanol–water partition coefficient (Wildman–Crippen LogP) is 1.39. The first kappa shape index (κ1) is 6.40. The number of nitrogens with zero attached hydrogens (tertiary/aromatic N) is 1. The van der Waals surface area contributed by atoms with E-state index in [0.717, 1.165) is 5.70 Å². The first-order valence-electron chi connectivity index (χ1n) is 3.72. The number of fused-ring (bicyclic) bond motifs is 1. The molecule has 0 aliphatic carbocycles. The SMILES string of the molecule is CC1=CC=C2N=CC=CC2N1. The molecule has 0 aromatic rings. The van der Waals surface area contributed by atoms with Gasteiger partial charge in [0.1, 0.15) is 0 Å². The van der Waals surface area contributed by atoms with Crippen molar-refractivity contribution in [2.45, 2.75) is 13.0 Å². The van der Waals surface area contributed by atoms with Crippen molar-refractivity contribution in [1.29, 1.82) is 0 Å². The predicted molar refractivity (Wildman–Crippen MR) is 46.4 cm³/mol. The molecule has 2 heteroatoms. The number of rotatable bonds is 0. The van der Waals surface area contributed by atoms with E-state index in [9.17, 15) is 0 Å². The molecule has 11 heavy (non-hydrogen) atoms. The van der Waals surface area contributed by atoms with Crippen molar-refractivity contribution in [3.63, 3.8) is 0 Å². The van der Waals surface area contributed by atoms with E-state index < -0.39 is 0 Å². The minimum Gasteiger partial charge on any atom is -0.377 e. The van der Waals surface area contributed by atoms with Crippen LogP contribution in [0.3, 0.4) is 0 Å². The molecule has 56 valence electrons. The Balaban J connectivity index is 2.33. The Morgan fingerprint density at radius 2 is 2.36 bits per heavy atom. The maximum absolute atomic E-state index is 4.23. The standard InChI is InChI=1S/C9H10N2/c1-7-4-5-8-9(11-7)3-2-6-10-8/h2-6,9,11H,1H3. The van der Waals surface area contributed by atoms with Gasteiger partial charge in [-0.25, -0.2) is 0 Å². The lowest BCUT2D eigenvalue weighted by molar-refractivity contribution is 0.727. The van der Waals surface area contributed by atoms with E-state index >= 15 is 0 Å². The van der Waals surface area contributed by atoms with Crippen molar-refractivity contribution >= 4 is 6.21 Å². The van der Waals surface area contributed by atoms with Gasteiger partial charge < -0.3 is 5.32 Å². The zero-order chi connectivity index (χ0) is 7.68. The molecule has 0 saturated heterocycles. The van der Waals surface area contributed by atoms with Gasteiger partial charge in [-0.1, -0.05) is 6.08 Å². The minimum atomic E-state index is 0.296. The molecule has 2 nitrogen and oxygen atoms in total. The lowest BCUT2D eigenvalue weighted by Gasteiger charge is -2.22. The van der Waals surface area contributed by atoms with E-state index in [1.54, 1.807) is 0 Å². The summed E-state index contributed by atoms with van der Waals surface area (Å²) in [6.45, 7) is 2.06. The van der Waals surface area contributed by atoms with Crippen molar-refractivity contribution < 1.29 is 0 Å². The van der Waals surface area contributed by atoms with Crippen molar-refractivity contribution in [2.75, 3.05) is 0 Å². The van der Waals surface area contributed by atoms with Crippen molar-refractivity contribution in [1.82, 2.24) is 5.32 Å². The first-order valence-corrected chi connectivity index (χ1v) is 3.72. The van der Waals surface area contributed by atoms with E-state index in [1.807, 2.05) is 18.4 Å². The van der Waals surface area contributed by atoms with E-state index in [1.165, 1.54) is 5.70 Å². The van der Waals surface area contributed by atoms with Crippen LogP contribution >= 0.6 is 0 Å². The molecule has 1 atom stereocenters. The Labute approximate surface area is 66.0 Å². The number of aliphatic imine (C=N–C) groups is 1. The summed E-state index contributed by atoms with van der Waals surface area (Å²) in [5.74, 6) is 0. The van der Waals surface area contributed by atoms with Gasteiger partial charge in [-0.3, -0.25) is 4.99 Å². The molecule has 0 bridgehead atoms. The largest absolute Gasteiger partial charge is 0.377 e. The Bertz CT molecular complexity index is 282. The van der Waals surface area contributed by atoms with Gasteiger partial charge in [0, 0.05) is 11.9 Å². The van der Waals surface area contributed by atoms with E-state index in [2.05, 4.69) is 29.4 Å². The molecular weight excluding hydrogens is 136 g/mol. The van der Waals surface area contributed by atoms with Gasteiger partial charge in [-0.2, -0.15) is 0 Å². The van der Waals surface area contributed by atoms with Gasteiger partial charge in [0.15, 0.2) is 0 Å². The average molecular weight is 146 g/mol. The molecule has 1 N–H and O–H groups in total. The lowest BCUT2D eigenvalue weighted by atomic mass is 10.1. The van der Waals surface area contributed by atoms with Gasteiger partial charge in [-0.15, -0.1) is 0 Å². The Morgan fingerprint density at radius 3 is 3.27 bits per heavy atom. The molecule has 2 rings (SSSR count). The number of hydrogen-bond acceptors (Lipinski definition) is 2. The fourth-order valence-electron chi connectivity index (χ4n) is 1.24. The summed E-state index contributed by atoms with van der Waals surface area (Å²) in [4.78, 5) is 4.23. The fraction of sp³-hybridized carbons (Fsp3) is 0.222. The van der Waals surface area contributed by atoms with Gasteiger partial charge >= 0.3 is 0 Å². The second-order valence-corrected chi connectivity index (χ2v) is 2.73. The Hall–Kier alpha value is -1.31. The zero-order valence-corrected chi connectivity index (χ0v) is 6.41. The molecule has 0 radical (unpaired) electrons. The van der Waals surface area contributed by atoms with Crippen molar-refractivity contribution in [3.8, 4) is 0 Å². The maximum atomic E-state index is 4.23. The van der Waals surface area contributed by atoms with Crippen molar-refractivity contribution in [3.05, 3.63) is 35.7 Å². The third kappa shape index (κ3) is 1.11. The van der Waals surface area contributed by atoms with Crippen LogP contribution in [0.25, 0.3) is 0 Å². The van der Waals surface area contributed by atoms with E-state index in [0.29, 0.717) is 6.04 Å². The molecule has 0 aromatic carbocycles. The average Bonchev–Trinajstić information content (AvgIpc) is 2.04. The summed E-state index contributed by atoms with van der Waals surface area (Å²) in [7, 11) is 0. The molecule has 2 aliphatic rings. The summed E-state index contributed by atoms with van der Waals surface area (Å²) < 4.78 is 0. The van der Waals surface area contributed by atoms with Gasteiger partial charge in [0.2, 0.25) is 0 Å². The van der Waals surface area contributed by atoms with Crippen LogP contribution in [0, 0.1) is 0 Å². The summed E-state index contributed by atoms with van der Waals surface area (Å²) in [5, 5.41) is 3.31. The minimum absolute atomic E-state index is 0.296. The van der Waals surface area contributed by atoms with Crippen LogP contribution in [0.5, 0.6) is 0 Å². The Kier molecular flexibility index (Phi) is 1.39. The fourth-order valence-corrected chi connectivity index (χ4v) is 1.24. The molecule has 2 heterocycles. The molecule has 2 aliphatic heterocycles. The number of nitrogens with one attached hydrogen (secondary N) is 1. The highest BCUT2D eigenvalue weighted by molar-refractivity contribution is 5.74. The summed E-state index contributed by atoms with van der Waals surface area (Å²) in [6, 6.07) is 0.296. The van der Waals surface area contributed by atoms with Crippen LogP contribution in [-0.2, 0) is 0 Å². The first-order chi connectivity index (χ1) is 5.36. The third-order valence-corrected chi connectivity index (χ3v) is 1.82.